The van der Waals surface area contributed by atoms with Crippen LogP contribution < -0.4 is 64.2 Å². The summed E-state index contributed by atoms with van der Waals surface area (Å²) < 4.78 is 0. The summed E-state index contributed by atoms with van der Waals surface area (Å²) in [6, 6.07) is 14.1. The first-order chi connectivity index (χ1) is 54.2. The van der Waals surface area contributed by atoms with E-state index in [1.807, 2.05) is 49.4 Å². The second kappa shape index (κ2) is 41.9. The summed E-state index contributed by atoms with van der Waals surface area (Å²) in [7, 11) is 1.78. The van der Waals surface area contributed by atoms with E-state index in [9.17, 15) is 43.8 Å². The van der Waals surface area contributed by atoms with Crippen molar-refractivity contribution in [2.24, 2.45) is 11.7 Å². The van der Waals surface area contributed by atoms with E-state index in [0.29, 0.717) is 42.4 Å². The van der Waals surface area contributed by atoms with Gasteiger partial charge in [-0.1, -0.05) is 177 Å². The molecule has 15 amide bonds. The predicted molar refractivity (Wildman–Crippen MR) is 419 cm³/mol. The number of nitrogens with zero attached hydrogens (tertiary/aromatic N) is 3. The Labute approximate surface area is 663 Å². The highest BCUT2D eigenvalue weighted by Gasteiger charge is 2.47. The van der Waals surface area contributed by atoms with Crippen LogP contribution in [0.2, 0.25) is 0 Å². The fourth-order valence-electron chi connectivity index (χ4n) is 14.4. The van der Waals surface area contributed by atoms with Crippen molar-refractivity contribution in [3.8, 4) is 11.1 Å². The van der Waals surface area contributed by atoms with Gasteiger partial charge in [0, 0.05) is 50.4 Å². The lowest BCUT2D eigenvalue weighted by Gasteiger charge is -2.34. The number of rotatable bonds is 16. The summed E-state index contributed by atoms with van der Waals surface area (Å²) >= 11 is 0. The van der Waals surface area contributed by atoms with Gasteiger partial charge in [0.05, 0.1) is 25.7 Å². The van der Waals surface area contributed by atoms with Gasteiger partial charge in [-0.3, -0.25) is 71.9 Å². The van der Waals surface area contributed by atoms with E-state index in [0.717, 1.165) is 39.6 Å². The van der Waals surface area contributed by atoms with Gasteiger partial charge in [0.15, 0.2) is 0 Å². The van der Waals surface area contributed by atoms with Crippen molar-refractivity contribution in [1.29, 1.82) is 0 Å². The van der Waals surface area contributed by atoms with Gasteiger partial charge in [-0.25, -0.2) is 0 Å². The van der Waals surface area contributed by atoms with Crippen molar-refractivity contribution in [3.63, 3.8) is 0 Å². The van der Waals surface area contributed by atoms with Gasteiger partial charge in [-0.2, -0.15) is 0 Å². The zero-order valence-electron chi connectivity index (χ0n) is 63.7. The minimum atomic E-state index is -1.88. The molecule has 4 aromatic rings. The van der Waals surface area contributed by atoms with Gasteiger partial charge < -0.3 is 89.1 Å². The summed E-state index contributed by atoms with van der Waals surface area (Å²) in [6.07, 6.45) is -0.774. The zero-order valence-corrected chi connectivity index (χ0v) is 65.4. The third kappa shape index (κ3) is 23.8. The number of hydrogen-bond acceptors (Lipinski definition) is 19. The van der Waals surface area contributed by atoms with Gasteiger partial charge in [-0.15, -0.1) is 0 Å². The number of primary amides is 1. The Bertz CT molecular complexity index is 4060. The SMILES string of the molecule is CCCCC1NC(=O)[C@@H]2CSSC[C@H](NC(=O)[C@H]([C@@H](C)CC)NC(=O)[C@@H]3CCCN3C(=O)[C@@H]3CCCN3C(=O)C(Cc3ccc(-c4ccccc4)cc3)NC(=O)[C@H](CO)NC(=O)[C@H](Cc3ccccc3)NC1=O)C(=O)N[C@@H](Cc1ccccc1)C(=O)N1CCC[C@H]1C(=O)N[C@@H](CC(N)=O)C(=O)NCC(=O)N[C@@H]([C@@H](C)O)C(=O)N2. The maximum absolute atomic E-state index is 15.4. The Hall–Kier alpha value is -10.4. The number of unbranched alkanes of at least 4 members (excludes halogenated alkanes) is 1. The number of benzene rings is 4. The average molecular weight is 1600 g/mol. The van der Waals surface area contributed by atoms with Crippen LogP contribution in [0.5, 0.6) is 0 Å². The topological polar surface area (TPSA) is 465 Å². The Balaban J connectivity index is 1.13. The number of nitrogens with two attached hydrogens (primary N) is 1. The highest BCUT2D eigenvalue weighted by Crippen LogP contribution is 2.30. The number of aliphatic hydroxyl groups excluding tert-OH is 2. The molecule has 5 heterocycles. The molecule has 5 aliphatic heterocycles. The van der Waals surface area contributed by atoms with Crippen LogP contribution in [-0.2, 0) is 91.2 Å². The van der Waals surface area contributed by atoms with Gasteiger partial charge in [0.25, 0.3) is 0 Å². The van der Waals surface area contributed by atoms with Gasteiger partial charge >= 0.3 is 0 Å². The van der Waals surface area contributed by atoms with Gasteiger partial charge in [-0.05, 0) is 85.6 Å². The average Bonchev–Trinajstić information content (AvgIpc) is 1.67. The van der Waals surface area contributed by atoms with Crippen LogP contribution >= 0.6 is 21.6 Å². The molecule has 5 saturated heterocycles. The molecule has 0 saturated carbocycles. The molecule has 0 radical (unpaired) electrons. The number of nitrogens with one attached hydrogen (secondary N) is 11. The Morgan fingerprint density at radius 2 is 0.876 bits per heavy atom. The van der Waals surface area contributed by atoms with Crippen molar-refractivity contribution in [2.45, 2.75) is 202 Å². The van der Waals surface area contributed by atoms with Crippen molar-refractivity contribution in [3.05, 3.63) is 132 Å². The van der Waals surface area contributed by atoms with Crippen molar-refractivity contribution >= 4 is 110 Å². The number of hydrogen-bond donors (Lipinski definition) is 14. The third-order valence-electron chi connectivity index (χ3n) is 20.9. The lowest BCUT2D eigenvalue weighted by atomic mass is 9.97. The fraction of sp³-hybridized carbons (Fsp3) is 0.506. The zero-order chi connectivity index (χ0) is 81.4. The minimum Gasteiger partial charge on any atom is -0.394 e. The fourth-order valence-corrected chi connectivity index (χ4v) is 16.7. The van der Waals surface area contributed by atoms with Crippen LogP contribution in [0.1, 0.15) is 115 Å². The number of carbonyl (C=O) groups excluding carboxylic acids is 15. The minimum absolute atomic E-state index is 0.0195. The molecule has 5 fully saturated rings. The Morgan fingerprint density at radius 1 is 0.451 bits per heavy atom. The van der Waals surface area contributed by atoms with Crippen LogP contribution in [0.15, 0.2) is 115 Å². The number of carbonyl (C=O) groups is 15. The molecule has 0 aromatic heterocycles. The molecular weight excluding hydrogens is 1500 g/mol. The molecule has 5 aliphatic rings. The van der Waals surface area contributed by atoms with E-state index in [4.69, 9.17) is 5.73 Å². The smallest absolute Gasteiger partial charge is 0.246 e. The van der Waals surface area contributed by atoms with E-state index in [2.05, 4.69) is 58.5 Å². The first-order valence-electron chi connectivity index (χ1n) is 38.5. The molecule has 15 N–H and O–H groups in total. The predicted octanol–water partition coefficient (Wildman–Crippen LogP) is -0.788. The van der Waals surface area contributed by atoms with Crippen molar-refractivity contribution in [2.75, 3.05) is 44.3 Å². The monoisotopic (exact) mass is 1600 g/mol. The second-order valence-corrected chi connectivity index (χ2v) is 31.7. The standard InChI is InChI=1S/C79H103N15O17S2/c1-5-7-26-52-68(100)83-53(37-47-20-11-8-12-21-47)69(101)87-57(42-95)70(102)85-56(39-49-30-32-51(33-31-49)50-24-15-10-16-25-50)78(110)94-36-19-29-62(94)79(111)93-35-18-28-61(93)74(106)91-65(45(3)6-2)75(107)88-59-44-113-112-43-58(71(103)82-52)89-76(108)66(46(4)96)90-64(98)41-81-67(99)54(40-63(80)97)84-73(105)60-27-17-34-92(60)77(109)55(86-72(59)104)38-48-22-13-9-14-23-48/h8-16,20-25,30-33,45-46,52-62,65-66,95-96H,5-7,17-19,26-29,34-44H2,1-4H3,(H2,80,97)(H,81,99)(H,82,103)(H,83,100)(H,84,105)(H,85,102)(H,86,104)(H,87,101)(H,88,107)(H,89,108)(H,90,98)(H,91,106)/t45-,46+,52?,53-,54-,55-,56?,57-,58-,59-,60-,61-,62-,65-,66-/m0/s1. The number of aliphatic hydroxyl groups is 2. The molecule has 9 rings (SSSR count). The maximum atomic E-state index is 15.4. The lowest BCUT2D eigenvalue weighted by molar-refractivity contribution is -0.148. The van der Waals surface area contributed by atoms with E-state index in [1.165, 1.54) is 14.7 Å². The molecule has 2 unspecified atom stereocenters. The van der Waals surface area contributed by atoms with Crippen molar-refractivity contribution in [1.82, 2.24) is 73.2 Å². The Morgan fingerprint density at radius 3 is 1.40 bits per heavy atom. The van der Waals surface area contributed by atoms with Crippen LogP contribution in [0.4, 0.5) is 0 Å². The van der Waals surface area contributed by atoms with E-state index in [1.54, 1.807) is 86.6 Å². The molecule has 34 heteroatoms. The Kier molecular flexibility index (Phi) is 32.1. The first-order valence-corrected chi connectivity index (χ1v) is 41.0. The molecule has 0 spiro atoms. The molecular formula is C79H103N15O17S2. The van der Waals surface area contributed by atoms with Gasteiger partial charge in [0.1, 0.15) is 78.5 Å². The van der Waals surface area contributed by atoms with E-state index in [-0.39, 0.29) is 83.2 Å². The summed E-state index contributed by atoms with van der Waals surface area (Å²) in [5, 5.41) is 51.1. The quantitative estimate of drug-likeness (QED) is 0.0612. The van der Waals surface area contributed by atoms with E-state index >= 15 is 38.4 Å². The third-order valence-corrected chi connectivity index (χ3v) is 23.3. The molecule has 608 valence electrons. The molecule has 4 aromatic carbocycles. The second-order valence-electron chi connectivity index (χ2n) is 29.1. The number of amides is 15. The largest absolute Gasteiger partial charge is 0.394 e. The molecule has 32 nitrogen and oxygen atoms in total. The molecule has 15 atom stereocenters. The lowest BCUT2D eigenvalue weighted by Crippen LogP contribution is -2.62. The highest BCUT2D eigenvalue weighted by atomic mass is 33.1. The van der Waals surface area contributed by atoms with Crippen LogP contribution in [0, 0.1) is 5.92 Å². The van der Waals surface area contributed by atoms with Crippen LogP contribution in [0.25, 0.3) is 11.1 Å². The molecule has 113 heavy (non-hydrogen) atoms. The highest BCUT2D eigenvalue weighted by molar-refractivity contribution is 8.76. The summed E-state index contributed by atoms with van der Waals surface area (Å²) in [6.45, 7) is 4.59. The molecule has 2 bridgehead atoms. The molecule has 0 aliphatic carbocycles. The van der Waals surface area contributed by atoms with Gasteiger partial charge in [0.2, 0.25) is 88.6 Å². The van der Waals surface area contributed by atoms with E-state index < -0.39 is 204 Å². The summed E-state index contributed by atoms with van der Waals surface area (Å²) in [4.78, 5) is 225. The van der Waals surface area contributed by atoms with Crippen LogP contribution in [-0.4, -0.2) is 242 Å². The maximum Gasteiger partial charge on any atom is 0.246 e. The summed E-state index contributed by atoms with van der Waals surface area (Å²) in [5.41, 5.74) is 8.97. The van der Waals surface area contributed by atoms with Crippen molar-refractivity contribution < 1.29 is 82.1 Å². The normalized spacial score (nSPS) is 27.0. The number of fused-ring (bicyclic) bond motifs is 8. The first kappa shape index (κ1) is 86.5. The summed E-state index contributed by atoms with van der Waals surface area (Å²) in [5.74, 6) is -15.3. The van der Waals surface area contributed by atoms with Crippen LogP contribution in [0.3, 0.4) is 0 Å².